The van der Waals surface area contributed by atoms with Gasteiger partial charge < -0.3 is 15.5 Å². The Morgan fingerprint density at radius 2 is 1.79 bits per heavy atom. The van der Waals surface area contributed by atoms with E-state index in [-0.39, 0.29) is 11.9 Å². The SMILES string of the molecule is CCNC(=NCC(c1ccccc1)N(CC)CC)NCCC(=O)N1CCCC1. The first-order valence-corrected chi connectivity index (χ1v) is 10.8. The van der Waals surface area contributed by atoms with Gasteiger partial charge in [0.25, 0.3) is 0 Å². The molecule has 0 bridgehead atoms. The average molecular weight is 388 g/mol. The van der Waals surface area contributed by atoms with Gasteiger partial charge >= 0.3 is 0 Å². The van der Waals surface area contributed by atoms with E-state index in [1.54, 1.807) is 0 Å². The van der Waals surface area contributed by atoms with Crippen molar-refractivity contribution >= 4 is 11.9 Å². The normalized spacial score (nSPS) is 15.7. The number of nitrogens with zero attached hydrogens (tertiary/aromatic N) is 3. The number of benzene rings is 1. The monoisotopic (exact) mass is 387 g/mol. The van der Waals surface area contributed by atoms with E-state index in [1.165, 1.54) is 5.56 Å². The average Bonchev–Trinajstić information content (AvgIpc) is 3.26. The molecule has 0 radical (unpaired) electrons. The number of rotatable bonds is 10. The van der Waals surface area contributed by atoms with Gasteiger partial charge in [-0.3, -0.25) is 14.7 Å². The Bertz CT molecular complexity index is 594. The topological polar surface area (TPSA) is 60.0 Å². The maximum absolute atomic E-state index is 12.2. The molecule has 1 atom stereocenters. The van der Waals surface area contributed by atoms with Gasteiger partial charge in [0.1, 0.15) is 0 Å². The molecule has 6 nitrogen and oxygen atoms in total. The maximum Gasteiger partial charge on any atom is 0.224 e. The Morgan fingerprint density at radius 3 is 2.39 bits per heavy atom. The fourth-order valence-electron chi connectivity index (χ4n) is 3.70. The van der Waals surface area contributed by atoms with E-state index in [0.29, 0.717) is 19.5 Å². The molecule has 1 aromatic carbocycles. The van der Waals surface area contributed by atoms with Crippen LogP contribution in [0.2, 0.25) is 0 Å². The number of hydrogen-bond donors (Lipinski definition) is 2. The number of likely N-dealkylation sites (N-methyl/N-ethyl adjacent to an activating group) is 1. The highest BCUT2D eigenvalue weighted by molar-refractivity contribution is 5.81. The van der Waals surface area contributed by atoms with Crippen LogP contribution in [0.3, 0.4) is 0 Å². The van der Waals surface area contributed by atoms with Gasteiger partial charge in [0.05, 0.1) is 12.6 Å². The molecule has 1 amide bonds. The van der Waals surface area contributed by atoms with Gasteiger partial charge in [-0.25, -0.2) is 0 Å². The third-order valence-corrected chi connectivity index (χ3v) is 5.29. The lowest BCUT2D eigenvalue weighted by atomic mass is 10.1. The molecule has 0 aliphatic carbocycles. The van der Waals surface area contributed by atoms with E-state index in [2.05, 4.69) is 66.6 Å². The van der Waals surface area contributed by atoms with Gasteiger partial charge in [0.2, 0.25) is 5.91 Å². The summed E-state index contributed by atoms with van der Waals surface area (Å²) < 4.78 is 0. The number of hydrogen-bond acceptors (Lipinski definition) is 3. The molecule has 28 heavy (non-hydrogen) atoms. The maximum atomic E-state index is 12.2. The van der Waals surface area contributed by atoms with Crippen molar-refractivity contribution in [1.82, 2.24) is 20.4 Å². The zero-order chi connectivity index (χ0) is 20.2. The molecule has 1 fully saturated rings. The van der Waals surface area contributed by atoms with Gasteiger partial charge in [0.15, 0.2) is 5.96 Å². The first-order valence-electron chi connectivity index (χ1n) is 10.8. The molecule has 2 N–H and O–H groups in total. The molecule has 1 heterocycles. The highest BCUT2D eigenvalue weighted by Gasteiger charge is 2.19. The quantitative estimate of drug-likeness (QED) is 0.479. The predicted octanol–water partition coefficient (Wildman–Crippen LogP) is 2.64. The summed E-state index contributed by atoms with van der Waals surface area (Å²) in [6.07, 6.45) is 2.79. The van der Waals surface area contributed by atoms with Crippen molar-refractivity contribution in [2.45, 2.75) is 46.1 Å². The number of carbonyl (C=O) groups is 1. The second kappa shape index (κ2) is 12.4. The smallest absolute Gasteiger partial charge is 0.224 e. The van der Waals surface area contributed by atoms with Crippen LogP contribution in [0.5, 0.6) is 0 Å². The molecule has 2 rings (SSSR count). The lowest BCUT2D eigenvalue weighted by molar-refractivity contribution is -0.129. The minimum absolute atomic E-state index is 0.242. The minimum atomic E-state index is 0.242. The van der Waals surface area contributed by atoms with E-state index in [1.807, 2.05) is 4.90 Å². The van der Waals surface area contributed by atoms with Crippen LogP contribution < -0.4 is 10.6 Å². The van der Waals surface area contributed by atoms with E-state index in [9.17, 15) is 4.79 Å². The zero-order valence-electron chi connectivity index (χ0n) is 17.8. The number of carbonyl (C=O) groups excluding carboxylic acids is 1. The molecule has 1 aromatic rings. The molecule has 0 saturated carbocycles. The van der Waals surface area contributed by atoms with Crippen LogP contribution in [0.4, 0.5) is 0 Å². The number of likely N-dealkylation sites (tertiary alicyclic amines) is 1. The Morgan fingerprint density at radius 1 is 1.11 bits per heavy atom. The third kappa shape index (κ3) is 6.82. The van der Waals surface area contributed by atoms with Crippen molar-refractivity contribution in [1.29, 1.82) is 0 Å². The van der Waals surface area contributed by atoms with Crippen molar-refractivity contribution in [2.75, 3.05) is 45.8 Å². The molecular formula is C22H37N5O. The summed E-state index contributed by atoms with van der Waals surface area (Å²) in [5.74, 6) is 1.02. The summed E-state index contributed by atoms with van der Waals surface area (Å²) in [6.45, 7) is 12.3. The van der Waals surface area contributed by atoms with Crippen LogP contribution >= 0.6 is 0 Å². The van der Waals surface area contributed by atoms with Gasteiger partial charge in [-0.15, -0.1) is 0 Å². The molecule has 156 valence electrons. The lowest BCUT2D eigenvalue weighted by Gasteiger charge is -2.29. The van der Waals surface area contributed by atoms with Crippen LogP contribution in [-0.2, 0) is 4.79 Å². The summed E-state index contributed by atoms with van der Waals surface area (Å²) in [7, 11) is 0. The molecule has 6 heteroatoms. The fourth-order valence-corrected chi connectivity index (χ4v) is 3.70. The summed E-state index contributed by atoms with van der Waals surface area (Å²) in [6, 6.07) is 10.8. The fraction of sp³-hybridized carbons (Fsp3) is 0.636. The number of aliphatic imine (C=N–C) groups is 1. The van der Waals surface area contributed by atoms with Crippen molar-refractivity contribution < 1.29 is 4.79 Å². The highest BCUT2D eigenvalue weighted by atomic mass is 16.2. The van der Waals surface area contributed by atoms with Crippen molar-refractivity contribution in [3.8, 4) is 0 Å². The van der Waals surface area contributed by atoms with E-state index >= 15 is 0 Å². The minimum Gasteiger partial charge on any atom is -0.357 e. The predicted molar refractivity (Wildman–Crippen MR) is 117 cm³/mol. The first kappa shape index (κ1) is 22.2. The largest absolute Gasteiger partial charge is 0.357 e. The van der Waals surface area contributed by atoms with E-state index in [0.717, 1.165) is 51.5 Å². The standard InChI is InChI=1S/C22H37N5O/c1-4-23-22(24-15-14-21(28)27-16-10-11-17-27)25-18-20(26(5-2)6-3)19-12-8-7-9-13-19/h7-9,12-13,20H,4-6,10-11,14-18H2,1-3H3,(H2,23,24,25). The molecule has 1 unspecified atom stereocenters. The number of amides is 1. The van der Waals surface area contributed by atoms with E-state index in [4.69, 9.17) is 4.99 Å². The third-order valence-electron chi connectivity index (χ3n) is 5.29. The summed E-state index contributed by atoms with van der Waals surface area (Å²) >= 11 is 0. The molecular weight excluding hydrogens is 350 g/mol. The highest BCUT2D eigenvalue weighted by Crippen LogP contribution is 2.20. The second-order valence-electron chi connectivity index (χ2n) is 7.13. The molecule has 0 spiro atoms. The second-order valence-corrected chi connectivity index (χ2v) is 7.13. The Kier molecular flexibility index (Phi) is 9.83. The Balaban J connectivity index is 1.96. The number of nitrogens with one attached hydrogen (secondary N) is 2. The Hall–Kier alpha value is -2.08. The molecule has 0 aromatic heterocycles. The van der Waals surface area contributed by atoms with Crippen LogP contribution in [0.25, 0.3) is 0 Å². The first-order chi connectivity index (χ1) is 13.7. The van der Waals surface area contributed by atoms with Crippen LogP contribution in [0.15, 0.2) is 35.3 Å². The summed E-state index contributed by atoms with van der Waals surface area (Å²) in [5.41, 5.74) is 1.29. The summed E-state index contributed by atoms with van der Waals surface area (Å²) in [5, 5.41) is 6.63. The van der Waals surface area contributed by atoms with Crippen LogP contribution in [0.1, 0.15) is 51.6 Å². The lowest BCUT2D eigenvalue weighted by Crippen LogP contribution is -2.40. The zero-order valence-corrected chi connectivity index (χ0v) is 17.8. The van der Waals surface area contributed by atoms with Gasteiger partial charge in [-0.05, 0) is 38.4 Å². The van der Waals surface area contributed by atoms with Crippen molar-refractivity contribution in [3.63, 3.8) is 0 Å². The van der Waals surface area contributed by atoms with Gasteiger partial charge in [-0.2, -0.15) is 0 Å². The Labute approximate surface area is 170 Å². The number of guanidine groups is 1. The van der Waals surface area contributed by atoms with Gasteiger partial charge in [0, 0.05) is 32.6 Å². The van der Waals surface area contributed by atoms with Gasteiger partial charge in [-0.1, -0.05) is 44.2 Å². The van der Waals surface area contributed by atoms with Crippen LogP contribution in [0, 0.1) is 0 Å². The van der Waals surface area contributed by atoms with Crippen molar-refractivity contribution in [2.24, 2.45) is 4.99 Å². The van der Waals surface area contributed by atoms with E-state index < -0.39 is 0 Å². The molecule has 1 aliphatic heterocycles. The van der Waals surface area contributed by atoms with Crippen molar-refractivity contribution in [3.05, 3.63) is 35.9 Å². The van der Waals surface area contributed by atoms with Crippen LogP contribution in [-0.4, -0.2) is 67.5 Å². The molecule has 1 saturated heterocycles. The molecule has 1 aliphatic rings. The summed E-state index contributed by atoms with van der Waals surface area (Å²) in [4.78, 5) is 21.5.